The molecular formula is C18H32N2O3. The van der Waals surface area contributed by atoms with Crippen LogP contribution in [0, 0.1) is 17.3 Å². The van der Waals surface area contributed by atoms with E-state index in [1.54, 1.807) is 0 Å². The molecule has 132 valence electrons. The molecule has 1 heterocycles. The average molecular weight is 324 g/mol. The predicted octanol–water partition coefficient (Wildman–Crippen LogP) is 2.69. The molecule has 1 aliphatic heterocycles. The monoisotopic (exact) mass is 324 g/mol. The van der Waals surface area contributed by atoms with Crippen LogP contribution < -0.4 is 10.6 Å². The van der Waals surface area contributed by atoms with Crippen molar-refractivity contribution in [1.29, 1.82) is 0 Å². The maximum Gasteiger partial charge on any atom is 0.407 e. The van der Waals surface area contributed by atoms with Crippen molar-refractivity contribution in [3.8, 4) is 0 Å². The minimum atomic E-state index is -0.447. The zero-order valence-corrected chi connectivity index (χ0v) is 15.1. The van der Waals surface area contributed by atoms with Crippen molar-refractivity contribution in [2.24, 2.45) is 17.3 Å². The van der Waals surface area contributed by atoms with Crippen molar-refractivity contribution in [3.63, 3.8) is 0 Å². The van der Waals surface area contributed by atoms with Crippen LogP contribution in [0.1, 0.15) is 53.9 Å². The molecule has 1 amide bonds. The van der Waals surface area contributed by atoms with Crippen LogP contribution in [-0.2, 0) is 9.47 Å². The number of carbonyl (C=O) groups is 1. The van der Waals surface area contributed by atoms with Crippen LogP contribution in [0.15, 0.2) is 0 Å². The highest BCUT2D eigenvalue weighted by molar-refractivity contribution is 5.67. The van der Waals surface area contributed by atoms with Gasteiger partial charge in [-0.2, -0.15) is 0 Å². The summed E-state index contributed by atoms with van der Waals surface area (Å²) in [6.45, 7) is 11.8. The molecule has 0 bridgehead atoms. The van der Waals surface area contributed by atoms with Crippen molar-refractivity contribution in [2.45, 2.75) is 77.7 Å². The maximum atomic E-state index is 11.9. The Morgan fingerprint density at radius 3 is 2.61 bits per heavy atom. The lowest BCUT2D eigenvalue weighted by atomic mass is 9.57. The van der Waals surface area contributed by atoms with E-state index in [1.807, 2.05) is 20.8 Å². The van der Waals surface area contributed by atoms with Gasteiger partial charge in [0.1, 0.15) is 5.60 Å². The second-order valence-electron chi connectivity index (χ2n) is 9.04. The molecule has 23 heavy (non-hydrogen) atoms. The molecule has 0 aromatic heterocycles. The lowest BCUT2D eigenvalue weighted by molar-refractivity contribution is -0.116. The van der Waals surface area contributed by atoms with Crippen molar-refractivity contribution in [1.82, 2.24) is 10.6 Å². The van der Waals surface area contributed by atoms with Crippen LogP contribution in [-0.4, -0.2) is 43.0 Å². The third-order valence-electron chi connectivity index (χ3n) is 5.55. The highest BCUT2D eigenvalue weighted by Gasteiger charge is 2.59. The Hall–Kier alpha value is -0.810. The van der Waals surface area contributed by atoms with Gasteiger partial charge in [-0.25, -0.2) is 4.79 Å². The Kier molecular flexibility index (Phi) is 4.38. The Bertz CT molecular complexity index is 454. The molecule has 0 spiro atoms. The summed E-state index contributed by atoms with van der Waals surface area (Å²) in [7, 11) is 0. The van der Waals surface area contributed by atoms with Crippen LogP contribution in [0.5, 0.6) is 0 Å². The molecule has 1 saturated heterocycles. The Labute approximate surface area is 139 Å². The Morgan fingerprint density at radius 1 is 1.30 bits per heavy atom. The van der Waals surface area contributed by atoms with Crippen LogP contribution in [0.2, 0.25) is 0 Å². The van der Waals surface area contributed by atoms with E-state index in [-0.39, 0.29) is 11.5 Å². The first-order valence-corrected chi connectivity index (χ1v) is 9.03. The predicted molar refractivity (Wildman–Crippen MR) is 89.3 cm³/mol. The van der Waals surface area contributed by atoms with Gasteiger partial charge >= 0.3 is 6.09 Å². The lowest BCUT2D eigenvalue weighted by Gasteiger charge is -2.56. The lowest BCUT2D eigenvalue weighted by Crippen LogP contribution is -2.68. The van der Waals surface area contributed by atoms with Gasteiger partial charge in [0.15, 0.2) is 0 Å². The third-order valence-corrected chi connectivity index (χ3v) is 5.55. The molecule has 2 saturated carbocycles. The van der Waals surface area contributed by atoms with Crippen molar-refractivity contribution in [2.75, 3.05) is 13.2 Å². The SMILES string of the molecule is CC(C)(C)OC(=O)NCC(NC1C2CCOC2C1(C)C)C1CC1. The number of alkyl carbamates (subject to hydrolysis) is 1. The van der Waals surface area contributed by atoms with Crippen molar-refractivity contribution < 1.29 is 14.3 Å². The molecule has 3 rings (SSSR count). The molecule has 3 fully saturated rings. The number of amides is 1. The second kappa shape index (κ2) is 5.92. The van der Waals surface area contributed by atoms with Gasteiger partial charge in [-0.15, -0.1) is 0 Å². The quantitative estimate of drug-likeness (QED) is 0.816. The van der Waals surface area contributed by atoms with E-state index in [0.717, 1.165) is 13.0 Å². The summed E-state index contributed by atoms with van der Waals surface area (Å²) < 4.78 is 11.2. The summed E-state index contributed by atoms with van der Waals surface area (Å²) in [5, 5.41) is 6.79. The zero-order chi connectivity index (χ0) is 16.8. The van der Waals surface area contributed by atoms with Gasteiger partial charge in [0.25, 0.3) is 0 Å². The summed E-state index contributed by atoms with van der Waals surface area (Å²) in [5.74, 6) is 1.31. The van der Waals surface area contributed by atoms with Crippen LogP contribution in [0.4, 0.5) is 4.79 Å². The van der Waals surface area contributed by atoms with Gasteiger partial charge in [0.05, 0.1) is 6.10 Å². The zero-order valence-electron chi connectivity index (χ0n) is 15.1. The summed E-state index contributed by atoms with van der Waals surface area (Å²) in [5.41, 5.74) is -0.267. The summed E-state index contributed by atoms with van der Waals surface area (Å²) in [4.78, 5) is 11.9. The van der Waals surface area contributed by atoms with Gasteiger partial charge in [-0.05, 0) is 46.0 Å². The third kappa shape index (κ3) is 3.66. The number of carbonyl (C=O) groups excluding carboxylic acids is 1. The van der Waals surface area contributed by atoms with Crippen LogP contribution in [0.3, 0.4) is 0 Å². The fraction of sp³-hybridized carbons (Fsp3) is 0.944. The largest absolute Gasteiger partial charge is 0.444 e. The summed E-state index contributed by atoms with van der Waals surface area (Å²) >= 11 is 0. The fourth-order valence-electron chi connectivity index (χ4n) is 4.26. The summed E-state index contributed by atoms with van der Waals surface area (Å²) in [6, 6.07) is 0.828. The van der Waals surface area contributed by atoms with E-state index in [1.165, 1.54) is 12.8 Å². The molecule has 2 aliphatic carbocycles. The van der Waals surface area contributed by atoms with Gasteiger partial charge < -0.3 is 20.1 Å². The number of fused-ring (bicyclic) bond motifs is 1. The minimum absolute atomic E-state index is 0.181. The normalized spacial score (nSPS) is 33.5. The molecular weight excluding hydrogens is 292 g/mol. The fourth-order valence-corrected chi connectivity index (χ4v) is 4.26. The molecule has 4 unspecified atom stereocenters. The Morgan fingerprint density at radius 2 is 2.00 bits per heavy atom. The number of nitrogens with one attached hydrogen (secondary N) is 2. The first-order chi connectivity index (χ1) is 10.7. The average Bonchev–Trinajstić information content (AvgIpc) is 3.14. The molecule has 3 aliphatic rings. The van der Waals surface area contributed by atoms with E-state index in [0.29, 0.717) is 36.6 Å². The van der Waals surface area contributed by atoms with Crippen molar-refractivity contribution >= 4 is 6.09 Å². The Balaban J connectivity index is 1.53. The van der Waals surface area contributed by atoms with E-state index in [2.05, 4.69) is 24.5 Å². The standard InChI is InChI=1S/C18H32N2O3/c1-17(2,3)23-16(21)19-10-13(11-6-7-11)20-14-12-8-9-22-15(12)18(14,4)5/h11-15,20H,6-10H2,1-5H3,(H,19,21). The molecule has 2 N–H and O–H groups in total. The van der Waals surface area contributed by atoms with Gasteiger partial charge in [0, 0.05) is 36.6 Å². The number of hydrogen-bond acceptors (Lipinski definition) is 4. The van der Waals surface area contributed by atoms with E-state index in [4.69, 9.17) is 9.47 Å². The first kappa shape index (κ1) is 17.0. The van der Waals surface area contributed by atoms with E-state index in [9.17, 15) is 4.79 Å². The number of rotatable bonds is 5. The van der Waals surface area contributed by atoms with Gasteiger partial charge in [-0.3, -0.25) is 0 Å². The van der Waals surface area contributed by atoms with Gasteiger partial charge in [-0.1, -0.05) is 13.8 Å². The molecule has 0 aromatic rings. The van der Waals surface area contributed by atoms with Crippen molar-refractivity contribution in [3.05, 3.63) is 0 Å². The highest BCUT2D eigenvalue weighted by Crippen LogP contribution is 2.52. The van der Waals surface area contributed by atoms with Gasteiger partial charge in [0.2, 0.25) is 0 Å². The highest BCUT2D eigenvalue weighted by atomic mass is 16.6. The maximum absolute atomic E-state index is 11.9. The first-order valence-electron chi connectivity index (χ1n) is 9.03. The number of hydrogen-bond donors (Lipinski definition) is 2. The van der Waals surface area contributed by atoms with E-state index >= 15 is 0 Å². The molecule has 4 atom stereocenters. The van der Waals surface area contributed by atoms with E-state index < -0.39 is 5.60 Å². The molecule has 0 aromatic carbocycles. The topological polar surface area (TPSA) is 59.6 Å². The molecule has 5 heteroatoms. The van der Waals surface area contributed by atoms with Crippen LogP contribution >= 0.6 is 0 Å². The minimum Gasteiger partial charge on any atom is -0.444 e. The van der Waals surface area contributed by atoms with Crippen LogP contribution in [0.25, 0.3) is 0 Å². The summed E-state index contributed by atoms with van der Waals surface area (Å²) in [6.07, 6.45) is 3.75. The number of ether oxygens (including phenoxy) is 2. The molecule has 0 radical (unpaired) electrons. The second-order valence-corrected chi connectivity index (χ2v) is 9.04. The molecule has 5 nitrogen and oxygen atoms in total. The smallest absolute Gasteiger partial charge is 0.407 e.